The number of benzene rings is 2. The van der Waals surface area contributed by atoms with E-state index in [1.54, 1.807) is 24.3 Å². The van der Waals surface area contributed by atoms with Crippen molar-refractivity contribution < 1.29 is 43.3 Å². The number of carbonyl (C=O) groups is 2. The van der Waals surface area contributed by atoms with Gasteiger partial charge in [0.15, 0.2) is 0 Å². The number of rotatable bonds is 13. The van der Waals surface area contributed by atoms with Crippen LogP contribution in [-0.4, -0.2) is 39.4 Å². The Hall–Kier alpha value is -3.14. The highest BCUT2D eigenvalue weighted by atomic mass is 17.3. The van der Waals surface area contributed by atoms with Gasteiger partial charge in [-0.25, -0.2) is 9.59 Å². The summed E-state index contributed by atoms with van der Waals surface area (Å²) in [5, 5.41) is 0. The molecule has 0 aliphatic heterocycles. The molecule has 0 aliphatic carbocycles. The molecule has 0 unspecified atom stereocenters. The molecule has 2 radical (unpaired) electrons. The quantitative estimate of drug-likeness (QED) is 0.266. The van der Waals surface area contributed by atoms with E-state index in [2.05, 4.69) is 6.92 Å². The average molecular weight is 432 g/mol. The fourth-order valence-electron chi connectivity index (χ4n) is 2.18. The highest BCUT2D eigenvalue weighted by Gasteiger charge is 2.22. The van der Waals surface area contributed by atoms with Crippen LogP contribution in [0.15, 0.2) is 48.5 Å². The first-order chi connectivity index (χ1) is 15.1. The maximum absolute atomic E-state index is 12.1. The third-order valence-corrected chi connectivity index (χ3v) is 3.81. The van der Waals surface area contributed by atoms with Gasteiger partial charge in [-0.3, -0.25) is 9.78 Å². The van der Waals surface area contributed by atoms with Crippen molar-refractivity contribution in [3.05, 3.63) is 72.9 Å². The zero-order valence-electron chi connectivity index (χ0n) is 17.3. The van der Waals surface area contributed by atoms with Crippen LogP contribution in [-0.2, 0) is 24.3 Å². The average Bonchev–Trinajstić information content (AvgIpc) is 2.82. The van der Waals surface area contributed by atoms with Crippen molar-refractivity contribution in [1.82, 2.24) is 0 Å². The summed E-state index contributed by atoms with van der Waals surface area (Å²) in [7, 11) is 3.03. The summed E-state index contributed by atoms with van der Waals surface area (Å²) >= 11 is 0. The summed E-state index contributed by atoms with van der Waals surface area (Å²) in [5.74, 6) is -0.380. The fourth-order valence-corrected chi connectivity index (χ4v) is 2.18. The van der Waals surface area contributed by atoms with Crippen LogP contribution in [0.5, 0.6) is 11.5 Å². The number of carbonyl (C=O) groups excluding carboxylic acids is 2. The molecule has 0 aliphatic rings. The number of hydrogen-bond acceptors (Lipinski definition) is 9. The first kappa shape index (κ1) is 24.1. The van der Waals surface area contributed by atoms with Crippen LogP contribution in [0.2, 0.25) is 0 Å². The molecule has 9 heteroatoms. The van der Waals surface area contributed by atoms with Crippen molar-refractivity contribution in [2.45, 2.75) is 12.8 Å². The van der Waals surface area contributed by atoms with Gasteiger partial charge in [0.2, 0.25) is 0 Å². The van der Waals surface area contributed by atoms with Crippen molar-refractivity contribution in [1.29, 1.82) is 0 Å². The molecule has 0 atom stereocenters. The Morgan fingerprint density at radius 2 is 1.16 bits per heavy atom. The summed E-state index contributed by atoms with van der Waals surface area (Å²) < 4.78 is 15.4. The topological polar surface area (TPSA) is 98.8 Å². The molecule has 0 amide bonds. The first-order valence-corrected chi connectivity index (χ1v) is 9.36. The van der Waals surface area contributed by atoms with Gasteiger partial charge in [-0.15, -0.1) is 9.78 Å². The van der Waals surface area contributed by atoms with Crippen LogP contribution in [0.25, 0.3) is 0 Å². The van der Waals surface area contributed by atoms with E-state index in [0.717, 1.165) is 0 Å². The van der Waals surface area contributed by atoms with Crippen LogP contribution in [0.1, 0.15) is 33.6 Å². The second kappa shape index (κ2) is 13.2. The molecule has 0 spiro atoms. The minimum atomic E-state index is -0.774. The maximum atomic E-state index is 12.1. The van der Waals surface area contributed by atoms with Crippen molar-refractivity contribution in [3.63, 3.8) is 0 Å². The highest BCUT2D eigenvalue weighted by molar-refractivity contribution is 5.89. The molecule has 2 rings (SSSR count). The second-order valence-corrected chi connectivity index (χ2v) is 5.95. The van der Waals surface area contributed by atoms with E-state index < -0.39 is 11.9 Å². The molecular weight excluding hydrogens is 408 g/mol. The molecule has 0 fully saturated rings. The predicted molar refractivity (Wildman–Crippen MR) is 108 cm³/mol. The molecule has 166 valence electrons. The van der Waals surface area contributed by atoms with Crippen molar-refractivity contribution in [2.24, 2.45) is 0 Å². The van der Waals surface area contributed by atoms with Gasteiger partial charge >= 0.3 is 18.2 Å². The molecule has 0 aromatic heterocycles. The van der Waals surface area contributed by atoms with E-state index >= 15 is 0 Å². The lowest BCUT2D eigenvalue weighted by molar-refractivity contribution is -0.364. The standard InChI is InChI=1S/C22H24O9/c1-4-14-27-15-13-20(28-30-21(23)16-5-9-18(25-2)10-6-16)29-31-22(24)17-7-11-19(26-3)12-8-17/h5-12H,1,4,13-15H2,2-3H3. The van der Waals surface area contributed by atoms with E-state index in [4.69, 9.17) is 33.8 Å². The van der Waals surface area contributed by atoms with Gasteiger partial charge in [-0.2, -0.15) is 0 Å². The molecule has 0 saturated carbocycles. The fraction of sp³-hybridized carbons (Fsp3) is 0.273. The van der Waals surface area contributed by atoms with Crippen LogP contribution in [0, 0.1) is 13.2 Å². The van der Waals surface area contributed by atoms with Gasteiger partial charge in [0.1, 0.15) is 11.5 Å². The second-order valence-electron chi connectivity index (χ2n) is 5.95. The summed E-state index contributed by atoms with van der Waals surface area (Å²) in [4.78, 5) is 43.7. The van der Waals surface area contributed by atoms with Crippen molar-refractivity contribution in [3.8, 4) is 11.5 Å². The third kappa shape index (κ3) is 8.25. The minimum Gasteiger partial charge on any atom is -0.497 e. The van der Waals surface area contributed by atoms with Crippen LogP contribution >= 0.6 is 0 Å². The SMILES string of the molecule is [CH2]CCOCC[C](OOC(=O)c1ccc(OC)cc1)OOC(=O)c1ccc(OC)cc1. The normalized spacial score (nSPS) is 10.6. The summed E-state index contributed by atoms with van der Waals surface area (Å²) in [6.45, 7) is 4.26. The van der Waals surface area contributed by atoms with E-state index in [1.807, 2.05) is 0 Å². The Labute approximate surface area is 180 Å². The molecule has 0 saturated heterocycles. The van der Waals surface area contributed by atoms with Crippen LogP contribution in [0.4, 0.5) is 0 Å². The summed E-state index contributed by atoms with van der Waals surface area (Å²) in [6, 6.07) is 12.4. The molecule has 0 heterocycles. The van der Waals surface area contributed by atoms with E-state index in [0.29, 0.717) is 24.5 Å². The van der Waals surface area contributed by atoms with Gasteiger partial charge in [0.25, 0.3) is 0 Å². The molecule has 9 nitrogen and oxygen atoms in total. The van der Waals surface area contributed by atoms with Crippen molar-refractivity contribution >= 4 is 11.9 Å². The number of methoxy groups -OCH3 is 2. The summed E-state index contributed by atoms with van der Waals surface area (Å²) in [6.07, 6.45) is 0.356. The highest BCUT2D eigenvalue weighted by Crippen LogP contribution is 2.18. The third-order valence-electron chi connectivity index (χ3n) is 3.81. The lowest BCUT2D eigenvalue weighted by Gasteiger charge is -2.14. The van der Waals surface area contributed by atoms with Gasteiger partial charge in [-0.1, -0.05) is 6.92 Å². The number of ether oxygens (including phenoxy) is 3. The Balaban J connectivity index is 1.90. The smallest absolute Gasteiger partial charge is 0.373 e. The summed E-state index contributed by atoms with van der Waals surface area (Å²) in [5.41, 5.74) is 0.451. The van der Waals surface area contributed by atoms with Crippen LogP contribution < -0.4 is 9.47 Å². The Morgan fingerprint density at radius 1 is 0.710 bits per heavy atom. The largest absolute Gasteiger partial charge is 0.497 e. The van der Waals surface area contributed by atoms with E-state index in [1.165, 1.54) is 38.5 Å². The minimum absolute atomic E-state index is 0.0474. The predicted octanol–water partition coefficient (Wildman–Crippen LogP) is 3.70. The molecule has 2 aromatic rings. The Kier molecular flexibility index (Phi) is 10.3. The zero-order chi connectivity index (χ0) is 22.5. The molecular formula is C22H24O9. The lowest BCUT2D eigenvalue weighted by Crippen LogP contribution is -2.17. The lowest BCUT2D eigenvalue weighted by atomic mass is 10.2. The molecule has 0 N–H and O–H groups in total. The monoisotopic (exact) mass is 432 g/mol. The van der Waals surface area contributed by atoms with Gasteiger partial charge in [0, 0.05) is 13.0 Å². The van der Waals surface area contributed by atoms with Gasteiger partial charge in [0.05, 0.1) is 32.0 Å². The first-order valence-electron chi connectivity index (χ1n) is 9.36. The van der Waals surface area contributed by atoms with Gasteiger partial charge in [-0.05, 0) is 55.0 Å². The Bertz CT molecular complexity index is 739. The number of hydrogen-bond donors (Lipinski definition) is 0. The van der Waals surface area contributed by atoms with E-state index in [9.17, 15) is 9.59 Å². The molecule has 31 heavy (non-hydrogen) atoms. The van der Waals surface area contributed by atoms with Crippen molar-refractivity contribution in [2.75, 3.05) is 27.4 Å². The Morgan fingerprint density at radius 3 is 1.55 bits per heavy atom. The molecule has 0 bridgehead atoms. The molecule has 2 aromatic carbocycles. The van der Waals surface area contributed by atoms with Gasteiger partial charge < -0.3 is 14.2 Å². The van der Waals surface area contributed by atoms with E-state index in [-0.39, 0.29) is 30.4 Å². The van der Waals surface area contributed by atoms with Crippen LogP contribution in [0.3, 0.4) is 0 Å². The maximum Gasteiger partial charge on any atom is 0.373 e. The zero-order valence-corrected chi connectivity index (χ0v) is 17.3.